The lowest BCUT2D eigenvalue weighted by Crippen LogP contribution is -2.25. The Kier molecular flexibility index (Phi) is 8.43. The zero-order valence-corrected chi connectivity index (χ0v) is 18.1. The third-order valence-corrected chi connectivity index (χ3v) is 7.26. The summed E-state index contributed by atoms with van der Waals surface area (Å²) >= 11 is 0. The quantitative estimate of drug-likeness (QED) is 0.339. The summed E-state index contributed by atoms with van der Waals surface area (Å²) in [6.45, 7) is 4.55. The summed E-state index contributed by atoms with van der Waals surface area (Å²) in [5.74, 6) is 3.28. The predicted molar refractivity (Wildman–Crippen MR) is 117 cm³/mol. The van der Waals surface area contributed by atoms with Crippen LogP contribution >= 0.6 is 0 Å². The van der Waals surface area contributed by atoms with Crippen LogP contribution in [-0.4, -0.2) is 5.97 Å². The molecule has 2 saturated carbocycles. The van der Waals surface area contributed by atoms with Crippen LogP contribution in [0.15, 0.2) is 24.3 Å². The molecule has 2 aliphatic rings. The Labute approximate surface area is 172 Å². The van der Waals surface area contributed by atoms with E-state index in [1.807, 2.05) is 12.1 Å². The van der Waals surface area contributed by atoms with Gasteiger partial charge in [0.2, 0.25) is 0 Å². The van der Waals surface area contributed by atoms with Crippen LogP contribution in [0.4, 0.5) is 0 Å². The average molecular weight is 385 g/mol. The minimum atomic E-state index is -0.0123. The number of hydrogen-bond acceptors (Lipinski definition) is 2. The van der Waals surface area contributed by atoms with Gasteiger partial charge >= 0.3 is 5.97 Å². The molecule has 0 aromatic heterocycles. The summed E-state index contributed by atoms with van der Waals surface area (Å²) in [7, 11) is 0. The third-order valence-electron chi connectivity index (χ3n) is 7.26. The van der Waals surface area contributed by atoms with Crippen molar-refractivity contribution in [3.63, 3.8) is 0 Å². The first kappa shape index (κ1) is 21.4. The topological polar surface area (TPSA) is 26.3 Å². The predicted octanol–water partition coefficient (Wildman–Crippen LogP) is 7.66. The number of benzene rings is 1. The highest BCUT2D eigenvalue weighted by Gasteiger charge is 2.27. The second-order valence-electron chi connectivity index (χ2n) is 9.36. The maximum Gasteiger partial charge on any atom is 0.314 e. The average Bonchev–Trinajstić information content (AvgIpc) is 2.74. The van der Waals surface area contributed by atoms with Gasteiger partial charge in [-0.3, -0.25) is 4.79 Å². The molecule has 0 atom stereocenters. The first-order valence-corrected chi connectivity index (χ1v) is 12.0. The summed E-state index contributed by atoms with van der Waals surface area (Å²) in [5.41, 5.74) is 1.42. The summed E-state index contributed by atoms with van der Waals surface area (Å²) in [4.78, 5) is 12.6. The second-order valence-corrected chi connectivity index (χ2v) is 9.36. The van der Waals surface area contributed by atoms with E-state index < -0.39 is 0 Å². The van der Waals surface area contributed by atoms with Gasteiger partial charge < -0.3 is 4.74 Å². The van der Waals surface area contributed by atoms with Gasteiger partial charge in [-0.1, -0.05) is 58.1 Å². The maximum absolute atomic E-state index is 12.6. The lowest BCUT2D eigenvalue weighted by molar-refractivity contribution is -0.140. The molecule has 156 valence electrons. The zero-order valence-electron chi connectivity index (χ0n) is 18.1. The Hall–Kier alpha value is -1.31. The summed E-state index contributed by atoms with van der Waals surface area (Å²) in [6, 6.07) is 8.40. The van der Waals surface area contributed by atoms with Crippen LogP contribution in [0.25, 0.3) is 0 Å². The molecule has 0 heterocycles. The minimum absolute atomic E-state index is 0.0123. The van der Waals surface area contributed by atoms with Gasteiger partial charge in [-0.15, -0.1) is 0 Å². The Bertz CT molecular complexity index is 575. The van der Waals surface area contributed by atoms with Crippen LogP contribution in [0.2, 0.25) is 0 Å². The largest absolute Gasteiger partial charge is 0.426 e. The van der Waals surface area contributed by atoms with Gasteiger partial charge in [0.05, 0.1) is 5.92 Å². The van der Waals surface area contributed by atoms with Crippen LogP contribution < -0.4 is 4.74 Å². The molecule has 2 nitrogen and oxygen atoms in total. The lowest BCUT2D eigenvalue weighted by atomic mass is 9.77. The highest BCUT2D eigenvalue weighted by atomic mass is 16.5. The number of carbonyl (C=O) groups is 1. The van der Waals surface area contributed by atoms with Gasteiger partial charge in [0.25, 0.3) is 0 Å². The minimum Gasteiger partial charge on any atom is -0.426 e. The third kappa shape index (κ3) is 6.09. The van der Waals surface area contributed by atoms with Crippen molar-refractivity contribution in [1.82, 2.24) is 0 Å². The number of unbranched alkanes of at least 4 members (excludes halogenated alkanes) is 1. The Morgan fingerprint density at radius 2 is 1.43 bits per heavy atom. The molecule has 0 unspecified atom stereocenters. The van der Waals surface area contributed by atoms with Crippen molar-refractivity contribution in [2.45, 2.75) is 103 Å². The van der Waals surface area contributed by atoms with E-state index in [0.717, 1.165) is 30.4 Å². The van der Waals surface area contributed by atoms with Crippen LogP contribution in [0.5, 0.6) is 5.75 Å². The molecule has 1 aromatic rings. The van der Waals surface area contributed by atoms with E-state index in [9.17, 15) is 4.79 Å². The highest BCUT2D eigenvalue weighted by Crippen LogP contribution is 2.38. The standard InChI is InChI=1S/C26H40O2/c1-3-5-7-21-10-14-24(15-11-21)26(27)28-25-18-16-23(17-19-25)22-12-8-20(6-4-2)9-13-22/h16-22,24H,3-15H2,1-2H3. The van der Waals surface area contributed by atoms with Gasteiger partial charge in [-0.2, -0.15) is 0 Å². The molecule has 0 bridgehead atoms. The fraction of sp³-hybridized carbons (Fsp3) is 0.731. The molecule has 3 rings (SSSR count). The van der Waals surface area contributed by atoms with E-state index in [-0.39, 0.29) is 11.9 Å². The maximum atomic E-state index is 12.6. The van der Waals surface area contributed by atoms with Crippen molar-refractivity contribution in [3.8, 4) is 5.75 Å². The second kappa shape index (κ2) is 11.0. The molecule has 0 spiro atoms. The van der Waals surface area contributed by atoms with E-state index in [4.69, 9.17) is 4.74 Å². The molecule has 0 saturated heterocycles. The van der Waals surface area contributed by atoms with Gasteiger partial charge in [0.1, 0.15) is 5.75 Å². The van der Waals surface area contributed by atoms with Crippen LogP contribution in [0.3, 0.4) is 0 Å². The SMILES string of the molecule is CCCCC1CCC(C(=O)Oc2ccc(C3CCC(CCC)CC3)cc2)CC1. The molecule has 0 amide bonds. The van der Waals surface area contributed by atoms with Gasteiger partial charge in [-0.25, -0.2) is 0 Å². The molecular formula is C26H40O2. The molecule has 0 radical (unpaired) electrons. The summed E-state index contributed by atoms with van der Waals surface area (Å²) in [5, 5.41) is 0. The smallest absolute Gasteiger partial charge is 0.314 e. The fourth-order valence-corrected chi connectivity index (χ4v) is 5.38. The normalized spacial score (nSPS) is 28.1. The van der Waals surface area contributed by atoms with Crippen molar-refractivity contribution in [1.29, 1.82) is 0 Å². The van der Waals surface area contributed by atoms with E-state index in [2.05, 4.69) is 26.0 Å². The molecular weight excluding hydrogens is 344 g/mol. The molecule has 0 aliphatic heterocycles. The van der Waals surface area contributed by atoms with E-state index in [0.29, 0.717) is 5.92 Å². The van der Waals surface area contributed by atoms with E-state index in [1.165, 1.54) is 76.2 Å². The van der Waals surface area contributed by atoms with Gasteiger partial charge in [0.15, 0.2) is 0 Å². The van der Waals surface area contributed by atoms with Crippen LogP contribution in [0, 0.1) is 17.8 Å². The number of ether oxygens (including phenoxy) is 1. The molecule has 0 N–H and O–H groups in total. The van der Waals surface area contributed by atoms with Crippen LogP contribution in [-0.2, 0) is 4.79 Å². The van der Waals surface area contributed by atoms with Crippen molar-refractivity contribution in [3.05, 3.63) is 29.8 Å². The Morgan fingerprint density at radius 3 is 2.04 bits per heavy atom. The Balaban J connectivity index is 1.44. The number of carbonyl (C=O) groups excluding carboxylic acids is 1. The number of hydrogen-bond donors (Lipinski definition) is 0. The summed E-state index contributed by atoms with van der Waals surface area (Å²) < 4.78 is 5.72. The molecule has 2 fully saturated rings. The van der Waals surface area contributed by atoms with Crippen LogP contribution in [0.1, 0.15) is 109 Å². The molecule has 2 heteroatoms. The first-order chi connectivity index (χ1) is 13.7. The number of esters is 1. The van der Waals surface area contributed by atoms with Crippen molar-refractivity contribution in [2.75, 3.05) is 0 Å². The molecule has 1 aromatic carbocycles. The monoisotopic (exact) mass is 384 g/mol. The lowest BCUT2D eigenvalue weighted by Gasteiger charge is -2.29. The van der Waals surface area contributed by atoms with Crippen molar-refractivity contribution < 1.29 is 9.53 Å². The van der Waals surface area contributed by atoms with Crippen molar-refractivity contribution in [2.24, 2.45) is 17.8 Å². The summed E-state index contributed by atoms with van der Waals surface area (Å²) in [6.07, 6.45) is 16.4. The Morgan fingerprint density at radius 1 is 0.821 bits per heavy atom. The van der Waals surface area contributed by atoms with Crippen molar-refractivity contribution >= 4 is 5.97 Å². The molecule has 2 aliphatic carbocycles. The van der Waals surface area contributed by atoms with Gasteiger partial charge in [0, 0.05) is 0 Å². The van der Waals surface area contributed by atoms with E-state index >= 15 is 0 Å². The van der Waals surface area contributed by atoms with Gasteiger partial charge in [-0.05, 0) is 86.8 Å². The molecule has 28 heavy (non-hydrogen) atoms. The van der Waals surface area contributed by atoms with E-state index in [1.54, 1.807) is 0 Å². The first-order valence-electron chi connectivity index (χ1n) is 12.0. The fourth-order valence-electron chi connectivity index (χ4n) is 5.38. The number of rotatable bonds is 8. The zero-order chi connectivity index (χ0) is 19.8. The highest BCUT2D eigenvalue weighted by molar-refractivity contribution is 5.75.